The van der Waals surface area contributed by atoms with Gasteiger partial charge in [-0.2, -0.15) is 0 Å². The average molecular weight is 224 g/mol. The van der Waals surface area contributed by atoms with E-state index in [1.165, 1.54) is 11.3 Å². The van der Waals surface area contributed by atoms with Crippen LogP contribution < -0.4 is 5.32 Å². The number of thiazole rings is 1. The number of hydrogen-bond acceptors (Lipinski definition) is 6. The summed E-state index contributed by atoms with van der Waals surface area (Å²) in [5.74, 6) is -0.632. The number of fused-ring (bicyclic) bond motifs is 1. The summed E-state index contributed by atoms with van der Waals surface area (Å²) in [7, 11) is 0. The molecule has 2 N–H and O–H groups in total. The fourth-order valence-corrected chi connectivity index (χ4v) is 1.84. The third-order valence-electron chi connectivity index (χ3n) is 1.66. The molecule has 2 aromatic heterocycles. The van der Waals surface area contributed by atoms with Gasteiger partial charge in [-0.25, -0.2) is 15.0 Å². The molecule has 2 aromatic rings. The number of carboxylic acid groups (broad SMARTS) is 1. The zero-order valence-electron chi connectivity index (χ0n) is 7.89. The van der Waals surface area contributed by atoms with Crippen molar-refractivity contribution in [2.75, 3.05) is 11.9 Å². The van der Waals surface area contributed by atoms with E-state index >= 15 is 0 Å². The maximum Gasteiger partial charge on any atom is 0.322 e. The highest BCUT2D eigenvalue weighted by Gasteiger charge is 2.05. The van der Waals surface area contributed by atoms with Crippen molar-refractivity contribution in [2.24, 2.45) is 0 Å². The molecule has 6 nitrogen and oxygen atoms in total. The average Bonchev–Trinajstić information content (AvgIpc) is 2.53. The molecule has 0 aromatic carbocycles. The van der Waals surface area contributed by atoms with Crippen LogP contribution in [0, 0.1) is 6.92 Å². The van der Waals surface area contributed by atoms with Crippen LogP contribution in [-0.2, 0) is 4.79 Å². The van der Waals surface area contributed by atoms with Gasteiger partial charge < -0.3 is 10.4 Å². The Morgan fingerprint density at radius 1 is 1.60 bits per heavy atom. The number of aryl methyl sites for hydroxylation is 1. The summed E-state index contributed by atoms with van der Waals surface area (Å²) < 4.78 is 0. The molecule has 0 aliphatic carbocycles. The molecule has 78 valence electrons. The summed E-state index contributed by atoms with van der Waals surface area (Å²) in [6, 6.07) is 0. The molecule has 0 aliphatic heterocycles. The first-order valence-electron chi connectivity index (χ1n) is 4.21. The maximum absolute atomic E-state index is 10.3. The normalized spacial score (nSPS) is 10.5. The van der Waals surface area contributed by atoms with Crippen LogP contribution in [0.1, 0.15) is 5.01 Å². The number of aromatic nitrogens is 3. The second kappa shape index (κ2) is 3.77. The van der Waals surface area contributed by atoms with E-state index in [0.29, 0.717) is 5.95 Å². The number of aliphatic carboxylic acids is 1. The van der Waals surface area contributed by atoms with Crippen LogP contribution in [-0.4, -0.2) is 32.6 Å². The molecule has 0 amide bonds. The van der Waals surface area contributed by atoms with Crippen molar-refractivity contribution in [2.45, 2.75) is 6.92 Å². The highest BCUT2D eigenvalue weighted by Crippen LogP contribution is 2.19. The van der Waals surface area contributed by atoms with Gasteiger partial charge >= 0.3 is 5.97 Å². The zero-order valence-corrected chi connectivity index (χ0v) is 8.71. The van der Waals surface area contributed by atoms with Crippen LogP contribution in [0.5, 0.6) is 0 Å². The van der Waals surface area contributed by atoms with Crippen LogP contribution in [0.4, 0.5) is 5.95 Å². The molecule has 2 heterocycles. The molecule has 0 spiro atoms. The fourth-order valence-electron chi connectivity index (χ4n) is 1.08. The van der Waals surface area contributed by atoms with Gasteiger partial charge in [-0.3, -0.25) is 4.79 Å². The molecule has 2 rings (SSSR count). The molecule has 15 heavy (non-hydrogen) atoms. The Bertz CT molecular complexity index is 510. The second-order valence-electron chi connectivity index (χ2n) is 2.86. The third kappa shape index (κ3) is 2.18. The quantitative estimate of drug-likeness (QED) is 0.805. The molecule has 7 heteroatoms. The topological polar surface area (TPSA) is 88.0 Å². The predicted octanol–water partition coefficient (Wildman–Crippen LogP) is 0.891. The van der Waals surface area contributed by atoms with Gasteiger partial charge in [-0.1, -0.05) is 11.3 Å². The van der Waals surface area contributed by atoms with Gasteiger partial charge in [-0.15, -0.1) is 0 Å². The first-order chi connectivity index (χ1) is 7.15. The molecule has 0 saturated heterocycles. The summed E-state index contributed by atoms with van der Waals surface area (Å²) in [5, 5.41) is 12.0. The number of hydrogen-bond donors (Lipinski definition) is 2. The van der Waals surface area contributed by atoms with Crippen LogP contribution in [0.25, 0.3) is 10.3 Å². The van der Waals surface area contributed by atoms with Crippen molar-refractivity contribution in [3.05, 3.63) is 11.2 Å². The Hall–Kier alpha value is -1.76. The van der Waals surface area contributed by atoms with Crippen molar-refractivity contribution in [3.63, 3.8) is 0 Å². The summed E-state index contributed by atoms with van der Waals surface area (Å²) >= 11 is 1.45. The second-order valence-corrected chi connectivity index (χ2v) is 4.05. The lowest BCUT2D eigenvalue weighted by Crippen LogP contribution is -2.13. The summed E-state index contributed by atoms with van der Waals surface area (Å²) in [5.41, 5.74) is 0.735. The van der Waals surface area contributed by atoms with Crippen molar-refractivity contribution in [3.8, 4) is 0 Å². The first-order valence-corrected chi connectivity index (χ1v) is 5.02. The van der Waals surface area contributed by atoms with Gasteiger partial charge in [0.1, 0.15) is 16.9 Å². The van der Waals surface area contributed by atoms with Gasteiger partial charge in [0.2, 0.25) is 5.95 Å². The lowest BCUT2D eigenvalue weighted by molar-refractivity contribution is -0.134. The van der Waals surface area contributed by atoms with Gasteiger partial charge in [-0.05, 0) is 6.92 Å². The highest BCUT2D eigenvalue weighted by atomic mass is 32.1. The van der Waals surface area contributed by atoms with E-state index in [1.54, 1.807) is 6.20 Å². The monoisotopic (exact) mass is 224 g/mol. The van der Waals surface area contributed by atoms with Gasteiger partial charge in [0.15, 0.2) is 0 Å². The Kier molecular flexibility index (Phi) is 2.46. The predicted molar refractivity (Wildman–Crippen MR) is 56.1 cm³/mol. The molecular formula is C8H8N4O2S. The number of anilines is 1. The van der Waals surface area contributed by atoms with Crippen LogP contribution in [0.2, 0.25) is 0 Å². The van der Waals surface area contributed by atoms with E-state index in [4.69, 9.17) is 5.11 Å². The highest BCUT2D eigenvalue weighted by molar-refractivity contribution is 7.18. The van der Waals surface area contributed by atoms with E-state index < -0.39 is 5.97 Å². The van der Waals surface area contributed by atoms with Crippen LogP contribution >= 0.6 is 11.3 Å². The Morgan fingerprint density at radius 3 is 3.13 bits per heavy atom. The minimum absolute atomic E-state index is 0.191. The Balaban J connectivity index is 2.26. The van der Waals surface area contributed by atoms with Gasteiger partial charge in [0.05, 0.1) is 11.2 Å². The molecule has 0 aliphatic rings. The third-order valence-corrected chi connectivity index (χ3v) is 2.54. The molecule has 0 saturated carbocycles. The van der Waals surface area contributed by atoms with Crippen molar-refractivity contribution >= 4 is 33.6 Å². The summed E-state index contributed by atoms with van der Waals surface area (Å²) in [6.45, 7) is 1.69. The standard InChI is InChI=1S/C8H8N4O2S/c1-4-11-5-2-9-8(10-3-6(13)14)12-7(5)15-4/h2H,3H2,1H3,(H,13,14)(H,9,10,12). The van der Waals surface area contributed by atoms with E-state index in [9.17, 15) is 4.79 Å². The fraction of sp³-hybridized carbons (Fsp3) is 0.250. The molecule has 0 radical (unpaired) electrons. The summed E-state index contributed by atoms with van der Waals surface area (Å²) in [4.78, 5) is 23.4. The minimum atomic E-state index is -0.945. The Morgan fingerprint density at radius 2 is 2.40 bits per heavy atom. The molecule has 0 unspecified atom stereocenters. The van der Waals surface area contributed by atoms with Crippen molar-refractivity contribution < 1.29 is 9.90 Å². The Labute approximate surface area is 89.0 Å². The minimum Gasteiger partial charge on any atom is -0.480 e. The molecular weight excluding hydrogens is 216 g/mol. The largest absolute Gasteiger partial charge is 0.480 e. The smallest absolute Gasteiger partial charge is 0.322 e. The SMILES string of the molecule is Cc1nc2cnc(NCC(=O)O)nc2s1. The number of carbonyl (C=O) groups is 1. The number of rotatable bonds is 3. The van der Waals surface area contributed by atoms with E-state index in [-0.39, 0.29) is 6.54 Å². The number of carboxylic acids is 1. The van der Waals surface area contributed by atoms with Crippen LogP contribution in [0.15, 0.2) is 6.20 Å². The van der Waals surface area contributed by atoms with Crippen molar-refractivity contribution in [1.29, 1.82) is 0 Å². The lowest BCUT2D eigenvalue weighted by atomic mass is 10.6. The van der Waals surface area contributed by atoms with Crippen LogP contribution in [0.3, 0.4) is 0 Å². The van der Waals surface area contributed by atoms with Gasteiger partial charge in [0.25, 0.3) is 0 Å². The molecule has 0 fully saturated rings. The lowest BCUT2D eigenvalue weighted by Gasteiger charge is -1.99. The van der Waals surface area contributed by atoms with Crippen molar-refractivity contribution in [1.82, 2.24) is 15.0 Å². The van der Waals surface area contributed by atoms with E-state index in [0.717, 1.165) is 15.4 Å². The van der Waals surface area contributed by atoms with E-state index in [1.807, 2.05) is 6.92 Å². The van der Waals surface area contributed by atoms with E-state index in [2.05, 4.69) is 20.3 Å². The summed E-state index contributed by atoms with van der Waals surface area (Å²) in [6.07, 6.45) is 1.58. The molecule has 0 atom stereocenters. The number of nitrogens with one attached hydrogen (secondary N) is 1. The van der Waals surface area contributed by atoms with Gasteiger partial charge in [0, 0.05) is 0 Å². The maximum atomic E-state index is 10.3. The number of nitrogens with zero attached hydrogens (tertiary/aromatic N) is 3. The zero-order chi connectivity index (χ0) is 10.8. The molecule has 0 bridgehead atoms. The first kappa shape index (κ1) is 9.78.